The van der Waals surface area contributed by atoms with E-state index in [0.29, 0.717) is 0 Å². The number of carboxylic acid groups (broad SMARTS) is 2. The lowest BCUT2D eigenvalue weighted by Gasteiger charge is -2.31. The number of carboxylic acids is 2. The fraction of sp³-hybridized carbons (Fsp3) is 0.273. The van der Waals surface area contributed by atoms with Crippen molar-refractivity contribution >= 4 is 34.9 Å². The largest absolute Gasteiger partial charge is 0.490 e. The SMILES string of the molecule is O=C(O)C(F)(F)F.O=C(O)C(F)(F)F.O=Cc1c(N2CCNCC2)n(-c2ccccc2)c2cnccc12. The lowest BCUT2D eigenvalue weighted by Crippen LogP contribution is -2.44. The van der Waals surface area contributed by atoms with Gasteiger partial charge in [-0.25, -0.2) is 9.59 Å². The van der Waals surface area contributed by atoms with Crippen LogP contribution in [0, 0.1) is 0 Å². The number of alkyl halides is 6. The molecule has 0 radical (unpaired) electrons. The van der Waals surface area contributed by atoms with E-state index in [9.17, 15) is 31.1 Å². The second kappa shape index (κ2) is 12.2. The Morgan fingerprint density at radius 1 is 0.919 bits per heavy atom. The predicted octanol–water partition coefficient (Wildman–Crippen LogP) is 3.51. The number of aliphatic carboxylic acids is 2. The minimum absolute atomic E-state index is 0.744. The fourth-order valence-electron chi connectivity index (χ4n) is 3.29. The van der Waals surface area contributed by atoms with Crippen LogP contribution in [0.15, 0.2) is 48.8 Å². The number of fused-ring (bicyclic) bond motifs is 1. The molecule has 9 nitrogen and oxygen atoms in total. The summed E-state index contributed by atoms with van der Waals surface area (Å²) in [7, 11) is 0. The Labute approximate surface area is 204 Å². The van der Waals surface area contributed by atoms with Crippen LogP contribution in [-0.2, 0) is 9.59 Å². The average Bonchev–Trinajstić information content (AvgIpc) is 3.19. The Hall–Kier alpha value is -4.14. The lowest BCUT2D eigenvalue weighted by atomic mass is 10.2. The number of nitrogens with one attached hydrogen (secondary N) is 1. The maximum absolute atomic E-state index is 11.9. The Kier molecular flexibility index (Phi) is 9.60. The number of rotatable bonds is 3. The van der Waals surface area contributed by atoms with E-state index < -0.39 is 24.3 Å². The number of piperazine rings is 1. The van der Waals surface area contributed by atoms with Gasteiger partial charge < -0.3 is 20.4 Å². The number of benzene rings is 1. The molecule has 0 saturated carbocycles. The molecule has 0 aliphatic carbocycles. The number of carbonyl (C=O) groups is 3. The molecule has 1 fully saturated rings. The molecule has 3 N–H and O–H groups in total. The molecule has 0 unspecified atom stereocenters. The van der Waals surface area contributed by atoms with Gasteiger partial charge in [-0.05, 0) is 18.2 Å². The lowest BCUT2D eigenvalue weighted by molar-refractivity contribution is -0.193. The van der Waals surface area contributed by atoms with Gasteiger partial charge in [-0.2, -0.15) is 26.3 Å². The Morgan fingerprint density at radius 3 is 1.89 bits per heavy atom. The van der Waals surface area contributed by atoms with E-state index in [1.165, 1.54) is 0 Å². The molecule has 0 atom stereocenters. The molecule has 3 aromatic rings. The summed E-state index contributed by atoms with van der Waals surface area (Å²) in [5.74, 6) is -4.55. The fourth-order valence-corrected chi connectivity index (χ4v) is 3.29. The molecule has 15 heteroatoms. The normalized spacial score (nSPS) is 13.6. The van der Waals surface area contributed by atoms with E-state index in [0.717, 1.165) is 60.4 Å². The highest BCUT2D eigenvalue weighted by Gasteiger charge is 2.38. The van der Waals surface area contributed by atoms with Crippen LogP contribution in [-0.4, -0.2) is 76.5 Å². The van der Waals surface area contributed by atoms with Crippen LogP contribution < -0.4 is 10.2 Å². The first-order valence-electron chi connectivity index (χ1n) is 10.3. The third-order valence-corrected chi connectivity index (χ3v) is 4.82. The van der Waals surface area contributed by atoms with Crippen LogP contribution >= 0.6 is 0 Å². The minimum Gasteiger partial charge on any atom is -0.475 e. The van der Waals surface area contributed by atoms with Crippen LogP contribution in [0.4, 0.5) is 32.2 Å². The van der Waals surface area contributed by atoms with E-state index in [2.05, 4.69) is 31.9 Å². The van der Waals surface area contributed by atoms with E-state index in [4.69, 9.17) is 19.8 Å². The van der Waals surface area contributed by atoms with Crippen molar-refractivity contribution in [1.29, 1.82) is 0 Å². The zero-order valence-electron chi connectivity index (χ0n) is 18.8. The first kappa shape index (κ1) is 29.1. The van der Waals surface area contributed by atoms with E-state index in [-0.39, 0.29) is 0 Å². The maximum atomic E-state index is 11.9. The summed E-state index contributed by atoms with van der Waals surface area (Å²) < 4.78 is 65.6. The van der Waals surface area contributed by atoms with Crippen LogP contribution in [0.25, 0.3) is 16.6 Å². The number of carbonyl (C=O) groups excluding carboxylic acids is 1. The number of hydrogen-bond acceptors (Lipinski definition) is 6. The third-order valence-electron chi connectivity index (χ3n) is 4.82. The summed E-state index contributed by atoms with van der Waals surface area (Å²) in [5, 5.41) is 18.6. The van der Waals surface area contributed by atoms with Gasteiger partial charge >= 0.3 is 24.3 Å². The highest BCUT2D eigenvalue weighted by atomic mass is 19.4. The first-order valence-corrected chi connectivity index (χ1v) is 10.3. The number of anilines is 1. The predicted molar refractivity (Wildman–Crippen MR) is 119 cm³/mol. The average molecular weight is 534 g/mol. The highest BCUT2D eigenvalue weighted by Crippen LogP contribution is 2.34. The molecule has 3 heterocycles. The summed E-state index contributed by atoms with van der Waals surface area (Å²) in [4.78, 5) is 36.2. The van der Waals surface area contributed by atoms with Gasteiger partial charge in [0.1, 0.15) is 5.82 Å². The molecule has 37 heavy (non-hydrogen) atoms. The van der Waals surface area contributed by atoms with Gasteiger partial charge in [0.2, 0.25) is 0 Å². The van der Waals surface area contributed by atoms with Gasteiger partial charge in [-0.3, -0.25) is 14.3 Å². The van der Waals surface area contributed by atoms with Crippen molar-refractivity contribution in [2.24, 2.45) is 0 Å². The molecule has 4 rings (SSSR count). The summed E-state index contributed by atoms with van der Waals surface area (Å²) in [6.07, 6.45) is -5.62. The maximum Gasteiger partial charge on any atom is 0.490 e. The van der Waals surface area contributed by atoms with Crippen LogP contribution in [0.5, 0.6) is 0 Å². The molecule has 1 aromatic carbocycles. The van der Waals surface area contributed by atoms with Crippen molar-refractivity contribution < 1.29 is 50.9 Å². The van der Waals surface area contributed by atoms with Gasteiger partial charge in [0.15, 0.2) is 6.29 Å². The second-order valence-electron chi connectivity index (χ2n) is 7.26. The molecule has 1 aliphatic heterocycles. The quantitative estimate of drug-likeness (QED) is 0.345. The molecule has 0 amide bonds. The van der Waals surface area contributed by atoms with Crippen molar-refractivity contribution in [3.05, 3.63) is 54.4 Å². The second-order valence-corrected chi connectivity index (χ2v) is 7.26. The van der Waals surface area contributed by atoms with E-state index in [1.807, 2.05) is 30.5 Å². The van der Waals surface area contributed by atoms with E-state index in [1.54, 1.807) is 6.20 Å². The van der Waals surface area contributed by atoms with Crippen LogP contribution in [0.1, 0.15) is 10.4 Å². The van der Waals surface area contributed by atoms with Crippen molar-refractivity contribution in [3.63, 3.8) is 0 Å². The number of aldehydes is 1. The number of nitrogens with zero attached hydrogens (tertiary/aromatic N) is 3. The molecule has 200 valence electrons. The zero-order chi connectivity index (χ0) is 27.8. The molecule has 1 aliphatic rings. The molecular formula is C22H20F6N4O5. The Balaban J connectivity index is 0.000000286. The van der Waals surface area contributed by atoms with Crippen molar-refractivity contribution in [2.75, 3.05) is 31.1 Å². The van der Waals surface area contributed by atoms with Crippen molar-refractivity contribution in [3.8, 4) is 5.69 Å². The molecular weight excluding hydrogens is 514 g/mol. The monoisotopic (exact) mass is 534 g/mol. The van der Waals surface area contributed by atoms with Crippen molar-refractivity contribution in [2.45, 2.75) is 12.4 Å². The van der Waals surface area contributed by atoms with Gasteiger partial charge in [-0.1, -0.05) is 18.2 Å². The molecule has 2 aromatic heterocycles. The smallest absolute Gasteiger partial charge is 0.475 e. The Morgan fingerprint density at radius 2 is 1.43 bits per heavy atom. The van der Waals surface area contributed by atoms with Gasteiger partial charge in [0, 0.05) is 43.4 Å². The summed E-state index contributed by atoms with van der Waals surface area (Å²) >= 11 is 0. The summed E-state index contributed by atoms with van der Waals surface area (Å²) in [6.45, 7) is 3.62. The van der Waals surface area contributed by atoms with Crippen LogP contribution in [0.3, 0.4) is 0 Å². The van der Waals surface area contributed by atoms with Gasteiger partial charge in [-0.15, -0.1) is 0 Å². The van der Waals surface area contributed by atoms with Gasteiger partial charge in [0.05, 0.1) is 17.3 Å². The highest BCUT2D eigenvalue weighted by molar-refractivity contribution is 6.04. The topological polar surface area (TPSA) is 125 Å². The third kappa shape index (κ3) is 7.67. The van der Waals surface area contributed by atoms with Gasteiger partial charge in [0.25, 0.3) is 0 Å². The number of para-hydroxylation sites is 1. The Bertz CT molecular complexity index is 1200. The van der Waals surface area contributed by atoms with Crippen molar-refractivity contribution in [1.82, 2.24) is 14.9 Å². The zero-order valence-corrected chi connectivity index (χ0v) is 18.8. The van der Waals surface area contributed by atoms with Crippen LogP contribution in [0.2, 0.25) is 0 Å². The molecule has 0 bridgehead atoms. The molecule has 0 spiro atoms. The number of halogens is 6. The summed E-state index contributed by atoms with van der Waals surface area (Å²) in [6, 6.07) is 12.1. The number of hydrogen-bond donors (Lipinski definition) is 3. The number of aromatic nitrogens is 2. The van der Waals surface area contributed by atoms with E-state index >= 15 is 0 Å². The summed E-state index contributed by atoms with van der Waals surface area (Å²) in [5.41, 5.74) is 2.76. The number of pyridine rings is 1. The molecule has 1 saturated heterocycles. The minimum atomic E-state index is -5.08. The standard InChI is InChI=1S/C18H18N4O.2C2HF3O2/c23-13-16-15-6-7-20-12-17(15)22(14-4-2-1-3-5-14)18(16)21-10-8-19-9-11-21;2*3-2(4,5)1(6)7/h1-7,12-13,19H,8-11H2;2*(H,6,7). The first-order chi connectivity index (χ1) is 17.3.